The van der Waals surface area contributed by atoms with Gasteiger partial charge in [0.1, 0.15) is 10.6 Å². The molecule has 2 aromatic rings. The highest BCUT2D eigenvalue weighted by molar-refractivity contribution is 7.89. The van der Waals surface area contributed by atoms with Crippen molar-refractivity contribution in [1.82, 2.24) is 19.2 Å². The van der Waals surface area contributed by atoms with Crippen molar-refractivity contribution >= 4 is 21.6 Å². The van der Waals surface area contributed by atoms with Crippen LogP contribution in [0.4, 0.5) is 0 Å². The van der Waals surface area contributed by atoms with Gasteiger partial charge in [-0.1, -0.05) is 16.8 Å². The average molecular weight is 333 g/mol. The predicted molar refractivity (Wildman–Crippen MR) is 77.5 cm³/mol. The van der Waals surface area contributed by atoms with Crippen molar-refractivity contribution in [2.24, 2.45) is 0 Å². The quantitative estimate of drug-likeness (QED) is 0.836. The van der Waals surface area contributed by atoms with E-state index >= 15 is 0 Å². The van der Waals surface area contributed by atoms with Gasteiger partial charge in [-0.2, -0.15) is 9.40 Å². The van der Waals surface area contributed by atoms with Gasteiger partial charge >= 0.3 is 0 Å². The van der Waals surface area contributed by atoms with Gasteiger partial charge in [0.25, 0.3) is 0 Å². The van der Waals surface area contributed by atoms with E-state index in [9.17, 15) is 8.42 Å². The summed E-state index contributed by atoms with van der Waals surface area (Å²) >= 11 is 6.07. The van der Waals surface area contributed by atoms with Crippen molar-refractivity contribution < 1.29 is 12.9 Å². The van der Waals surface area contributed by atoms with Gasteiger partial charge in [0.2, 0.25) is 10.0 Å². The Bertz CT molecular complexity index is 731. The normalized spacial score (nSPS) is 12.3. The molecule has 0 unspecified atom stereocenters. The highest BCUT2D eigenvalue weighted by Crippen LogP contribution is 2.24. The summed E-state index contributed by atoms with van der Waals surface area (Å²) in [6.07, 6.45) is 1.67. The van der Waals surface area contributed by atoms with E-state index in [1.165, 1.54) is 11.4 Å². The van der Waals surface area contributed by atoms with Crippen molar-refractivity contribution in [2.75, 3.05) is 7.05 Å². The molecule has 0 N–H and O–H groups in total. The van der Waals surface area contributed by atoms with Crippen molar-refractivity contribution in [1.29, 1.82) is 0 Å². The van der Waals surface area contributed by atoms with Crippen molar-refractivity contribution in [3.05, 3.63) is 28.4 Å². The molecular formula is C12H17ClN4O3S. The molecule has 21 heavy (non-hydrogen) atoms. The third kappa shape index (κ3) is 2.97. The van der Waals surface area contributed by atoms with Gasteiger partial charge in [0.15, 0.2) is 5.76 Å². The molecule has 0 aliphatic heterocycles. The Kier molecular flexibility index (Phi) is 4.40. The maximum absolute atomic E-state index is 12.6. The van der Waals surface area contributed by atoms with E-state index in [0.29, 0.717) is 23.0 Å². The van der Waals surface area contributed by atoms with Gasteiger partial charge in [-0.15, -0.1) is 0 Å². The SMILES string of the molecule is CCn1cc(Cl)c(CN(C)S(=O)(=O)c2c(C)noc2C)n1. The first-order valence-electron chi connectivity index (χ1n) is 6.38. The summed E-state index contributed by atoms with van der Waals surface area (Å²) in [5, 5.41) is 8.37. The number of aromatic nitrogens is 3. The van der Waals surface area contributed by atoms with Crippen molar-refractivity contribution in [3.8, 4) is 0 Å². The first-order valence-corrected chi connectivity index (χ1v) is 8.20. The maximum Gasteiger partial charge on any atom is 0.248 e. The van der Waals surface area contributed by atoms with Crippen molar-refractivity contribution in [2.45, 2.75) is 38.8 Å². The fourth-order valence-electron chi connectivity index (χ4n) is 2.00. The van der Waals surface area contributed by atoms with Crippen LogP contribution >= 0.6 is 11.6 Å². The second-order valence-electron chi connectivity index (χ2n) is 4.69. The van der Waals surface area contributed by atoms with E-state index in [-0.39, 0.29) is 17.2 Å². The molecule has 0 amide bonds. The van der Waals surface area contributed by atoms with Crippen LogP contribution in [0.5, 0.6) is 0 Å². The smallest absolute Gasteiger partial charge is 0.248 e. The molecule has 7 nitrogen and oxygen atoms in total. The van der Waals surface area contributed by atoms with Crippen LogP contribution in [0.15, 0.2) is 15.6 Å². The van der Waals surface area contributed by atoms with E-state index in [1.54, 1.807) is 24.7 Å². The van der Waals surface area contributed by atoms with E-state index in [4.69, 9.17) is 16.1 Å². The van der Waals surface area contributed by atoms with E-state index in [1.807, 2.05) is 6.92 Å². The Hall–Kier alpha value is -1.38. The molecule has 0 saturated carbocycles. The second kappa shape index (κ2) is 5.78. The van der Waals surface area contributed by atoms with Gasteiger partial charge in [-0.25, -0.2) is 8.42 Å². The first-order chi connectivity index (χ1) is 9.77. The molecule has 0 atom stereocenters. The third-order valence-electron chi connectivity index (χ3n) is 3.12. The zero-order valence-electron chi connectivity index (χ0n) is 12.3. The number of hydrogen-bond acceptors (Lipinski definition) is 5. The van der Waals surface area contributed by atoms with E-state index in [2.05, 4.69) is 10.3 Å². The van der Waals surface area contributed by atoms with Crippen LogP contribution in [0.2, 0.25) is 5.02 Å². The Morgan fingerprint density at radius 1 is 1.43 bits per heavy atom. The summed E-state index contributed by atoms with van der Waals surface area (Å²) in [7, 11) is -2.23. The Morgan fingerprint density at radius 3 is 2.57 bits per heavy atom. The fourth-order valence-corrected chi connectivity index (χ4v) is 3.63. The number of aryl methyl sites for hydroxylation is 3. The molecule has 0 spiro atoms. The molecule has 2 aromatic heterocycles. The number of sulfonamides is 1. The van der Waals surface area contributed by atoms with Crippen LogP contribution in [0, 0.1) is 13.8 Å². The van der Waals surface area contributed by atoms with Gasteiger partial charge < -0.3 is 4.52 Å². The lowest BCUT2D eigenvalue weighted by molar-refractivity contribution is 0.389. The highest BCUT2D eigenvalue weighted by atomic mass is 35.5. The van der Waals surface area contributed by atoms with Crippen LogP contribution < -0.4 is 0 Å². The molecule has 0 saturated heterocycles. The predicted octanol–water partition coefficient (Wildman–Crippen LogP) is 1.98. The number of rotatable bonds is 5. The van der Waals surface area contributed by atoms with Crippen LogP contribution in [0.1, 0.15) is 24.1 Å². The highest BCUT2D eigenvalue weighted by Gasteiger charge is 2.29. The maximum atomic E-state index is 12.6. The Labute approximate surface area is 128 Å². The third-order valence-corrected chi connectivity index (χ3v) is 5.48. The summed E-state index contributed by atoms with van der Waals surface area (Å²) in [6.45, 7) is 5.84. The number of halogens is 1. The minimum atomic E-state index is -3.70. The molecule has 0 radical (unpaired) electrons. The molecule has 0 aromatic carbocycles. The lowest BCUT2D eigenvalue weighted by Crippen LogP contribution is -2.27. The molecule has 9 heteroatoms. The molecule has 0 bridgehead atoms. The van der Waals surface area contributed by atoms with E-state index < -0.39 is 10.0 Å². The van der Waals surface area contributed by atoms with Crippen LogP contribution in [0.3, 0.4) is 0 Å². The first kappa shape index (κ1) is 16.0. The van der Waals surface area contributed by atoms with Gasteiger partial charge in [-0.05, 0) is 20.8 Å². The molecular weight excluding hydrogens is 316 g/mol. The van der Waals surface area contributed by atoms with Gasteiger partial charge in [0, 0.05) is 19.8 Å². The van der Waals surface area contributed by atoms with Gasteiger partial charge in [0.05, 0.1) is 17.3 Å². The zero-order chi connectivity index (χ0) is 15.8. The summed E-state index contributed by atoms with van der Waals surface area (Å²) in [4.78, 5) is 0.0936. The lowest BCUT2D eigenvalue weighted by atomic mass is 10.4. The minimum Gasteiger partial charge on any atom is -0.360 e. The van der Waals surface area contributed by atoms with E-state index in [0.717, 1.165) is 0 Å². The summed E-state index contributed by atoms with van der Waals surface area (Å²) in [6, 6.07) is 0. The second-order valence-corrected chi connectivity index (χ2v) is 7.08. The minimum absolute atomic E-state index is 0.0816. The topological polar surface area (TPSA) is 81.2 Å². The standard InChI is InChI=1S/C12H17ClN4O3S/c1-5-17-6-10(13)11(14-17)7-16(4)21(18,19)12-8(2)15-20-9(12)3/h6H,5,7H2,1-4H3. The number of hydrogen-bond donors (Lipinski definition) is 0. The molecule has 2 rings (SSSR count). The Balaban J connectivity index is 2.31. The monoisotopic (exact) mass is 332 g/mol. The summed E-state index contributed by atoms with van der Waals surface area (Å²) < 4.78 is 32.9. The molecule has 0 aliphatic carbocycles. The summed E-state index contributed by atoms with van der Waals surface area (Å²) in [5.74, 6) is 0.268. The van der Waals surface area contributed by atoms with Gasteiger partial charge in [-0.3, -0.25) is 4.68 Å². The average Bonchev–Trinajstić information content (AvgIpc) is 2.93. The number of nitrogens with zero attached hydrogens (tertiary/aromatic N) is 4. The fraction of sp³-hybridized carbons (Fsp3) is 0.500. The van der Waals surface area contributed by atoms with Crippen molar-refractivity contribution in [3.63, 3.8) is 0 Å². The summed E-state index contributed by atoms with van der Waals surface area (Å²) in [5.41, 5.74) is 0.848. The molecule has 0 fully saturated rings. The van der Waals surface area contributed by atoms with Crippen LogP contribution in [-0.4, -0.2) is 34.7 Å². The Morgan fingerprint density at radius 2 is 2.10 bits per heavy atom. The van der Waals surface area contributed by atoms with Crippen LogP contribution in [0.25, 0.3) is 0 Å². The molecule has 2 heterocycles. The zero-order valence-corrected chi connectivity index (χ0v) is 13.9. The lowest BCUT2D eigenvalue weighted by Gasteiger charge is -2.15. The molecule has 0 aliphatic rings. The molecule has 116 valence electrons. The van der Waals surface area contributed by atoms with Crippen LogP contribution in [-0.2, 0) is 23.1 Å². The largest absolute Gasteiger partial charge is 0.360 e.